The van der Waals surface area contributed by atoms with Crippen molar-refractivity contribution in [3.05, 3.63) is 58.7 Å². The maximum atomic E-state index is 12.8. The largest absolute Gasteiger partial charge is 0.465 e. The molecule has 2 amide bonds. The molecular weight excluding hydrogens is 448 g/mol. The topological polar surface area (TPSA) is 134 Å². The van der Waals surface area contributed by atoms with Crippen molar-refractivity contribution in [2.75, 3.05) is 6.54 Å². The van der Waals surface area contributed by atoms with Crippen LogP contribution in [0.3, 0.4) is 0 Å². The second-order valence-electron chi connectivity index (χ2n) is 8.81. The van der Waals surface area contributed by atoms with Gasteiger partial charge in [-0.1, -0.05) is 32.9 Å². The quantitative estimate of drug-likeness (QED) is 0.551. The van der Waals surface area contributed by atoms with Gasteiger partial charge < -0.3 is 19.7 Å². The molecule has 1 aliphatic heterocycles. The average molecular weight is 471 g/mol. The van der Waals surface area contributed by atoms with Gasteiger partial charge in [-0.05, 0) is 41.3 Å². The SMILES string of the molecule is CC(C)(C)c1nnc(C(=O)NC2CCN(C(=O)O)Cc3cc(-c4ccnc(Cl)n4)ccc32)o1. The van der Waals surface area contributed by atoms with Gasteiger partial charge in [0.25, 0.3) is 0 Å². The molecule has 0 fully saturated rings. The lowest BCUT2D eigenvalue weighted by atomic mass is 9.96. The van der Waals surface area contributed by atoms with Crippen molar-refractivity contribution >= 4 is 23.6 Å². The molecule has 10 nitrogen and oxygen atoms in total. The maximum absolute atomic E-state index is 12.8. The molecule has 0 spiro atoms. The zero-order valence-electron chi connectivity index (χ0n) is 18.4. The van der Waals surface area contributed by atoms with Crippen LogP contribution in [0.2, 0.25) is 5.28 Å². The van der Waals surface area contributed by atoms with E-state index in [1.54, 1.807) is 12.3 Å². The van der Waals surface area contributed by atoms with Gasteiger partial charge in [-0.15, -0.1) is 10.2 Å². The molecule has 0 saturated carbocycles. The Morgan fingerprint density at radius 1 is 1.24 bits per heavy atom. The first kappa shape index (κ1) is 22.7. The van der Waals surface area contributed by atoms with Gasteiger partial charge in [-0.25, -0.2) is 14.8 Å². The minimum absolute atomic E-state index is 0.119. The van der Waals surface area contributed by atoms with E-state index >= 15 is 0 Å². The number of hydrogen-bond donors (Lipinski definition) is 2. The van der Waals surface area contributed by atoms with E-state index in [1.807, 2.05) is 39.0 Å². The third-order valence-electron chi connectivity index (χ3n) is 5.33. The molecule has 0 aliphatic carbocycles. The standard InChI is InChI=1S/C22H23ClN6O4/c1-22(2,3)19-28-27-18(33-19)17(30)25-16-7-9-29(21(31)32)11-13-10-12(4-5-14(13)16)15-6-8-24-20(23)26-15/h4-6,8,10,16H,7,9,11H2,1-3H3,(H,25,30)(H,31,32). The summed E-state index contributed by atoms with van der Waals surface area (Å²) in [4.78, 5) is 34.0. The number of hydrogen-bond acceptors (Lipinski definition) is 7. The number of carboxylic acid groups (broad SMARTS) is 1. The molecule has 11 heteroatoms. The minimum Gasteiger partial charge on any atom is -0.465 e. The normalized spacial score (nSPS) is 16.1. The van der Waals surface area contributed by atoms with Crippen LogP contribution in [0.4, 0.5) is 4.79 Å². The third kappa shape index (κ3) is 4.95. The number of carbonyl (C=O) groups is 2. The number of aromatic nitrogens is 4. The molecule has 0 radical (unpaired) electrons. The second-order valence-corrected chi connectivity index (χ2v) is 9.14. The summed E-state index contributed by atoms with van der Waals surface area (Å²) in [5.74, 6) is -0.281. The minimum atomic E-state index is -1.03. The molecule has 3 heterocycles. The van der Waals surface area contributed by atoms with Crippen molar-refractivity contribution in [2.45, 2.75) is 45.2 Å². The van der Waals surface area contributed by atoms with E-state index in [4.69, 9.17) is 16.0 Å². The Balaban J connectivity index is 1.65. The second kappa shape index (κ2) is 8.78. The first-order valence-corrected chi connectivity index (χ1v) is 10.7. The fourth-order valence-electron chi connectivity index (χ4n) is 3.61. The number of amides is 2. The number of nitrogens with one attached hydrogen (secondary N) is 1. The van der Waals surface area contributed by atoms with Crippen LogP contribution in [0.25, 0.3) is 11.3 Å². The van der Waals surface area contributed by atoms with Gasteiger partial charge in [0, 0.05) is 30.3 Å². The van der Waals surface area contributed by atoms with Crippen molar-refractivity contribution < 1.29 is 19.1 Å². The summed E-state index contributed by atoms with van der Waals surface area (Å²) in [5.41, 5.74) is 2.56. The lowest BCUT2D eigenvalue weighted by Gasteiger charge is -2.18. The van der Waals surface area contributed by atoms with Crippen LogP contribution < -0.4 is 5.32 Å². The summed E-state index contributed by atoms with van der Waals surface area (Å²) in [6.45, 7) is 6.16. The van der Waals surface area contributed by atoms with Gasteiger partial charge >= 0.3 is 17.9 Å². The number of fused-ring (bicyclic) bond motifs is 1. The molecule has 1 atom stereocenters. The molecule has 2 N–H and O–H groups in total. The van der Waals surface area contributed by atoms with Gasteiger partial charge in [-0.2, -0.15) is 0 Å². The zero-order valence-corrected chi connectivity index (χ0v) is 19.1. The maximum Gasteiger partial charge on any atom is 0.407 e. The van der Waals surface area contributed by atoms with Crippen LogP contribution in [0.5, 0.6) is 0 Å². The lowest BCUT2D eigenvalue weighted by molar-refractivity contribution is 0.0894. The van der Waals surface area contributed by atoms with Crippen LogP contribution in [0.15, 0.2) is 34.9 Å². The summed E-state index contributed by atoms with van der Waals surface area (Å²) in [7, 11) is 0. The highest BCUT2D eigenvalue weighted by Crippen LogP contribution is 2.31. The molecule has 1 aromatic carbocycles. The van der Waals surface area contributed by atoms with E-state index in [9.17, 15) is 14.7 Å². The van der Waals surface area contributed by atoms with Crippen molar-refractivity contribution in [1.29, 1.82) is 0 Å². The fourth-order valence-corrected chi connectivity index (χ4v) is 3.76. The Morgan fingerprint density at radius 3 is 2.70 bits per heavy atom. The van der Waals surface area contributed by atoms with Crippen LogP contribution in [0.1, 0.15) is 60.9 Å². The van der Waals surface area contributed by atoms with Crippen LogP contribution in [-0.2, 0) is 12.0 Å². The zero-order chi connectivity index (χ0) is 23.8. The Labute approximate surface area is 195 Å². The number of nitrogens with zero attached hydrogens (tertiary/aromatic N) is 5. The van der Waals surface area contributed by atoms with Crippen LogP contribution >= 0.6 is 11.6 Å². The number of rotatable bonds is 3. The third-order valence-corrected chi connectivity index (χ3v) is 5.51. The summed E-state index contributed by atoms with van der Waals surface area (Å²) in [5, 5.41) is 20.5. The summed E-state index contributed by atoms with van der Waals surface area (Å²) in [6, 6.07) is 6.87. The van der Waals surface area contributed by atoms with Gasteiger partial charge in [0.1, 0.15) is 0 Å². The number of halogens is 1. The Hall–Kier alpha value is -3.53. The highest BCUT2D eigenvalue weighted by molar-refractivity contribution is 6.28. The Kier molecular flexibility index (Phi) is 6.03. The smallest absolute Gasteiger partial charge is 0.407 e. The molecule has 2 aromatic heterocycles. The van der Waals surface area contributed by atoms with E-state index in [0.29, 0.717) is 18.0 Å². The molecule has 3 aromatic rings. The Morgan fingerprint density at radius 2 is 2.03 bits per heavy atom. The van der Waals surface area contributed by atoms with Crippen molar-refractivity contribution in [2.24, 2.45) is 0 Å². The van der Waals surface area contributed by atoms with Crippen LogP contribution in [0, 0.1) is 0 Å². The van der Waals surface area contributed by atoms with Crippen molar-refractivity contribution in [3.63, 3.8) is 0 Å². The molecule has 33 heavy (non-hydrogen) atoms. The molecule has 172 valence electrons. The summed E-state index contributed by atoms with van der Waals surface area (Å²) in [6.07, 6.45) is 0.915. The summed E-state index contributed by atoms with van der Waals surface area (Å²) < 4.78 is 5.55. The van der Waals surface area contributed by atoms with Gasteiger partial charge in [0.2, 0.25) is 11.2 Å². The number of benzene rings is 1. The van der Waals surface area contributed by atoms with E-state index in [-0.39, 0.29) is 29.7 Å². The number of carbonyl (C=O) groups excluding carboxylic acids is 1. The fraction of sp³-hybridized carbons (Fsp3) is 0.364. The Bertz CT molecular complexity index is 1210. The molecule has 0 bridgehead atoms. The predicted octanol–water partition coefficient (Wildman–Crippen LogP) is 3.83. The highest BCUT2D eigenvalue weighted by atomic mass is 35.5. The van der Waals surface area contributed by atoms with Gasteiger partial charge in [0.15, 0.2) is 0 Å². The predicted molar refractivity (Wildman–Crippen MR) is 119 cm³/mol. The molecule has 1 aliphatic rings. The van der Waals surface area contributed by atoms with E-state index < -0.39 is 18.0 Å². The van der Waals surface area contributed by atoms with Gasteiger partial charge in [-0.3, -0.25) is 4.79 Å². The van der Waals surface area contributed by atoms with E-state index in [2.05, 4.69) is 25.5 Å². The molecule has 4 rings (SSSR count). The monoisotopic (exact) mass is 470 g/mol. The van der Waals surface area contributed by atoms with E-state index in [0.717, 1.165) is 16.7 Å². The van der Waals surface area contributed by atoms with Crippen LogP contribution in [-0.4, -0.2) is 48.7 Å². The molecular formula is C22H23ClN6O4. The molecule has 1 unspecified atom stereocenters. The highest BCUT2D eigenvalue weighted by Gasteiger charge is 2.29. The van der Waals surface area contributed by atoms with Crippen molar-refractivity contribution in [1.82, 2.24) is 30.4 Å². The first-order valence-electron chi connectivity index (χ1n) is 10.4. The summed E-state index contributed by atoms with van der Waals surface area (Å²) >= 11 is 5.92. The van der Waals surface area contributed by atoms with Crippen molar-refractivity contribution in [3.8, 4) is 11.3 Å². The van der Waals surface area contributed by atoms with Gasteiger partial charge in [0.05, 0.1) is 11.7 Å². The van der Waals surface area contributed by atoms with E-state index in [1.165, 1.54) is 4.90 Å². The molecule has 0 saturated heterocycles. The first-order chi connectivity index (χ1) is 15.6. The average Bonchev–Trinajstić information content (AvgIpc) is 3.19. The lowest BCUT2D eigenvalue weighted by Crippen LogP contribution is -2.32.